The minimum absolute atomic E-state index is 0.259. The van der Waals surface area contributed by atoms with Gasteiger partial charge in [0.15, 0.2) is 0 Å². The fraction of sp³-hybridized carbons (Fsp3) is 0.333. The lowest BCUT2D eigenvalue weighted by Crippen LogP contribution is -2.55. The number of hydrogen-bond acceptors (Lipinski definition) is 4. The minimum atomic E-state index is -0.259. The Morgan fingerprint density at radius 2 is 2.00 bits per heavy atom. The highest BCUT2D eigenvalue weighted by molar-refractivity contribution is 6.41. The monoisotopic (exact) mass is 377 g/mol. The molecule has 2 aromatic rings. The van der Waals surface area contributed by atoms with Gasteiger partial charge in [-0.1, -0.05) is 53.5 Å². The van der Waals surface area contributed by atoms with Crippen molar-refractivity contribution in [2.75, 3.05) is 24.5 Å². The SMILES string of the molecule is O=C(OCc1ccccc1)N1C[C@H]2CN(c3cnc(Cl)c(Cl)c3)[C@H]2C1. The molecule has 2 saturated heterocycles. The molecule has 5 nitrogen and oxygen atoms in total. The van der Waals surface area contributed by atoms with Gasteiger partial charge in [0.25, 0.3) is 0 Å². The molecule has 2 aliphatic rings. The van der Waals surface area contributed by atoms with E-state index < -0.39 is 0 Å². The summed E-state index contributed by atoms with van der Waals surface area (Å²) in [6.45, 7) is 2.56. The molecule has 1 amide bonds. The predicted molar refractivity (Wildman–Crippen MR) is 97.1 cm³/mol. The van der Waals surface area contributed by atoms with Crippen molar-refractivity contribution < 1.29 is 9.53 Å². The Bertz CT molecular complexity index is 787. The molecule has 0 spiro atoms. The number of benzene rings is 1. The lowest BCUT2D eigenvalue weighted by molar-refractivity contribution is 0.103. The van der Waals surface area contributed by atoms with E-state index in [-0.39, 0.29) is 12.1 Å². The van der Waals surface area contributed by atoms with Gasteiger partial charge in [0.2, 0.25) is 0 Å². The van der Waals surface area contributed by atoms with Crippen LogP contribution in [0, 0.1) is 5.92 Å². The Hall–Kier alpha value is -1.98. The van der Waals surface area contributed by atoms with Crippen LogP contribution in [0.4, 0.5) is 10.5 Å². The molecule has 130 valence electrons. The maximum absolute atomic E-state index is 12.3. The van der Waals surface area contributed by atoms with Crippen LogP contribution >= 0.6 is 23.2 Å². The molecule has 7 heteroatoms. The first kappa shape index (κ1) is 16.5. The van der Waals surface area contributed by atoms with Gasteiger partial charge in [0.1, 0.15) is 11.8 Å². The van der Waals surface area contributed by atoms with Crippen LogP contribution in [0.25, 0.3) is 0 Å². The van der Waals surface area contributed by atoms with Crippen molar-refractivity contribution in [2.45, 2.75) is 12.6 Å². The third-order valence-electron chi connectivity index (χ3n) is 4.81. The average Bonchev–Trinajstić information content (AvgIpc) is 2.94. The van der Waals surface area contributed by atoms with Gasteiger partial charge in [-0.3, -0.25) is 0 Å². The van der Waals surface area contributed by atoms with E-state index in [1.807, 2.05) is 36.4 Å². The van der Waals surface area contributed by atoms with E-state index in [0.717, 1.165) is 24.3 Å². The Morgan fingerprint density at radius 3 is 2.76 bits per heavy atom. The number of carbonyl (C=O) groups excluding carboxylic acids is 1. The highest BCUT2D eigenvalue weighted by Crippen LogP contribution is 2.38. The summed E-state index contributed by atoms with van der Waals surface area (Å²) in [5.74, 6) is 0.457. The van der Waals surface area contributed by atoms with Crippen molar-refractivity contribution >= 4 is 35.0 Å². The highest BCUT2D eigenvalue weighted by Gasteiger charge is 2.47. The summed E-state index contributed by atoms with van der Waals surface area (Å²) in [5, 5.41) is 0.750. The number of nitrogens with zero attached hydrogens (tertiary/aromatic N) is 3. The molecule has 1 aromatic heterocycles. The number of pyridine rings is 1. The lowest BCUT2D eigenvalue weighted by atomic mass is 9.91. The maximum Gasteiger partial charge on any atom is 0.410 e. The molecule has 0 unspecified atom stereocenters. The second-order valence-corrected chi connectivity index (χ2v) is 7.16. The summed E-state index contributed by atoms with van der Waals surface area (Å²) in [6, 6.07) is 11.8. The molecule has 0 bridgehead atoms. The third-order valence-corrected chi connectivity index (χ3v) is 5.50. The van der Waals surface area contributed by atoms with Crippen molar-refractivity contribution in [3.63, 3.8) is 0 Å². The molecule has 0 aliphatic carbocycles. The normalized spacial score (nSPS) is 21.7. The van der Waals surface area contributed by atoms with Crippen LogP contribution in [0.3, 0.4) is 0 Å². The molecule has 3 heterocycles. The van der Waals surface area contributed by atoms with Gasteiger partial charge in [0, 0.05) is 25.6 Å². The molecule has 2 aliphatic heterocycles. The molecule has 0 saturated carbocycles. The number of likely N-dealkylation sites (tertiary alicyclic amines) is 1. The van der Waals surface area contributed by atoms with Crippen LogP contribution in [0.1, 0.15) is 5.56 Å². The van der Waals surface area contributed by atoms with Gasteiger partial charge in [-0.05, 0) is 11.6 Å². The first-order chi connectivity index (χ1) is 12.1. The van der Waals surface area contributed by atoms with Crippen LogP contribution in [-0.2, 0) is 11.3 Å². The lowest BCUT2D eigenvalue weighted by Gasteiger charge is -2.45. The fourth-order valence-electron chi connectivity index (χ4n) is 3.46. The molecule has 0 N–H and O–H groups in total. The quantitative estimate of drug-likeness (QED) is 0.762. The topological polar surface area (TPSA) is 45.7 Å². The van der Waals surface area contributed by atoms with E-state index in [4.69, 9.17) is 27.9 Å². The highest BCUT2D eigenvalue weighted by atomic mass is 35.5. The summed E-state index contributed by atoms with van der Waals surface area (Å²) in [4.78, 5) is 20.4. The zero-order valence-corrected chi connectivity index (χ0v) is 15.0. The zero-order chi connectivity index (χ0) is 17.4. The number of fused-ring (bicyclic) bond motifs is 1. The number of hydrogen-bond donors (Lipinski definition) is 0. The first-order valence-electron chi connectivity index (χ1n) is 8.15. The van der Waals surface area contributed by atoms with Crippen LogP contribution in [0.5, 0.6) is 0 Å². The van der Waals surface area contributed by atoms with E-state index in [9.17, 15) is 4.79 Å². The Morgan fingerprint density at radius 1 is 1.20 bits per heavy atom. The number of rotatable bonds is 3. The number of amides is 1. The Labute approximate surface area is 156 Å². The van der Waals surface area contributed by atoms with Crippen LogP contribution < -0.4 is 4.90 Å². The zero-order valence-electron chi connectivity index (χ0n) is 13.4. The summed E-state index contributed by atoms with van der Waals surface area (Å²) >= 11 is 11.9. The van der Waals surface area contributed by atoms with Gasteiger partial charge in [0.05, 0.1) is 22.9 Å². The van der Waals surface area contributed by atoms with E-state index in [0.29, 0.717) is 29.2 Å². The van der Waals surface area contributed by atoms with Crippen LogP contribution in [0.15, 0.2) is 42.6 Å². The number of carbonyl (C=O) groups is 1. The van der Waals surface area contributed by atoms with Gasteiger partial charge >= 0.3 is 6.09 Å². The van der Waals surface area contributed by atoms with E-state index in [1.165, 1.54) is 0 Å². The van der Waals surface area contributed by atoms with E-state index in [2.05, 4.69) is 9.88 Å². The number of halogens is 2. The summed E-state index contributed by atoms with van der Waals surface area (Å²) in [5.41, 5.74) is 1.93. The largest absolute Gasteiger partial charge is 0.445 e. The van der Waals surface area contributed by atoms with Crippen molar-refractivity contribution in [2.24, 2.45) is 5.92 Å². The number of anilines is 1. The fourth-order valence-corrected chi connectivity index (χ4v) is 3.73. The standard InChI is InChI=1S/C18H17Cl2N3O2/c19-15-6-14(7-21-17(15)20)23-9-13-8-22(10-16(13)23)18(24)25-11-12-4-2-1-3-5-12/h1-7,13,16H,8-11H2/t13-,16-/m0/s1. The Balaban J connectivity index is 1.35. The predicted octanol–water partition coefficient (Wildman–Crippen LogP) is 3.85. The van der Waals surface area contributed by atoms with Gasteiger partial charge < -0.3 is 14.5 Å². The summed E-state index contributed by atoms with van der Waals surface area (Å²) < 4.78 is 5.43. The van der Waals surface area contributed by atoms with E-state index in [1.54, 1.807) is 11.1 Å². The molecule has 2 atom stereocenters. The van der Waals surface area contributed by atoms with Crippen molar-refractivity contribution in [3.05, 3.63) is 58.3 Å². The second kappa shape index (κ2) is 6.73. The third kappa shape index (κ3) is 3.26. The number of aromatic nitrogens is 1. The minimum Gasteiger partial charge on any atom is -0.445 e. The smallest absolute Gasteiger partial charge is 0.410 e. The summed E-state index contributed by atoms with van der Waals surface area (Å²) in [7, 11) is 0. The average molecular weight is 378 g/mol. The van der Waals surface area contributed by atoms with Gasteiger partial charge in [-0.15, -0.1) is 0 Å². The second-order valence-electron chi connectivity index (χ2n) is 6.39. The molecule has 1 aromatic carbocycles. The van der Waals surface area contributed by atoms with Crippen molar-refractivity contribution in [3.8, 4) is 0 Å². The molecule has 2 fully saturated rings. The van der Waals surface area contributed by atoms with Crippen molar-refractivity contribution in [1.82, 2.24) is 9.88 Å². The molecule has 0 radical (unpaired) electrons. The Kier molecular flexibility index (Phi) is 4.44. The molecule has 4 rings (SSSR count). The van der Waals surface area contributed by atoms with Crippen molar-refractivity contribution in [1.29, 1.82) is 0 Å². The van der Waals surface area contributed by atoms with E-state index >= 15 is 0 Å². The van der Waals surface area contributed by atoms with Crippen LogP contribution in [0.2, 0.25) is 10.2 Å². The van der Waals surface area contributed by atoms with Gasteiger partial charge in [-0.2, -0.15) is 0 Å². The van der Waals surface area contributed by atoms with Gasteiger partial charge in [-0.25, -0.2) is 9.78 Å². The number of ether oxygens (including phenoxy) is 1. The molecule has 25 heavy (non-hydrogen) atoms. The summed E-state index contributed by atoms with van der Waals surface area (Å²) in [6.07, 6.45) is 1.46. The molecular weight excluding hydrogens is 361 g/mol. The first-order valence-corrected chi connectivity index (χ1v) is 8.91. The molecular formula is C18H17Cl2N3O2. The van der Waals surface area contributed by atoms with Crippen LogP contribution in [-0.4, -0.2) is 41.7 Å². The maximum atomic E-state index is 12.3.